The van der Waals surface area contributed by atoms with Crippen LogP contribution in [-0.2, 0) is 0 Å². The van der Waals surface area contributed by atoms with Gasteiger partial charge < -0.3 is 20.6 Å². The summed E-state index contributed by atoms with van der Waals surface area (Å²) in [5.41, 5.74) is -2.42. The molecule has 4 N–H and O–H groups in total. The van der Waals surface area contributed by atoms with Crippen molar-refractivity contribution in [3.05, 3.63) is 63.2 Å². The third-order valence-corrected chi connectivity index (χ3v) is 3.18. The lowest BCUT2D eigenvalue weighted by Gasteiger charge is -2.09. The van der Waals surface area contributed by atoms with Crippen molar-refractivity contribution >= 4 is 29.2 Å². The van der Waals surface area contributed by atoms with E-state index in [4.69, 9.17) is 10.2 Å². The summed E-state index contributed by atoms with van der Waals surface area (Å²) in [6.07, 6.45) is 0. The molecule has 128 valence electrons. The summed E-state index contributed by atoms with van der Waals surface area (Å²) in [6.45, 7) is 0. The van der Waals surface area contributed by atoms with Crippen LogP contribution in [0.1, 0.15) is 31.1 Å². The fourth-order valence-corrected chi connectivity index (χ4v) is 2.09. The van der Waals surface area contributed by atoms with Crippen molar-refractivity contribution in [2.75, 3.05) is 5.32 Å². The van der Waals surface area contributed by atoms with Crippen LogP contribution in [-0.4, -0.2) is 38.1 Å². The molecule has 0 atom stereocenters. The molecule has 2 rings (SSSR count). The van der Waals surface area contributed by atoms with Crippen LogP contribution in [0.5, 0.6) is 5.75 Å². The number of aromatic hydroxyl groups is 1. The zero-order valence-corrected chi connectivity index (χ0v) is 12.3. The minimum atomic E-state index is -1.53. The maximum absolute atomic E-state index is 12.3. The van der Waals surface area contributed by atoms with Gasteiger partial charge in [0.05, 0.1) is 10.5 Å². The van der Waals surface area contributed by atoms with Crippen LogP contribution in [0.4, 0.5) is 11.4 Å². The number of phenols is 1. The van der Waals surface area contributed by atoms with Gasteiger partial charge >= 0.3 is 11.9 Å². The number of carbonyl (C=O) groups is 3. The molecule has 0 aliphatic carbocycles. The average molecular weight is 346 g/mol. The van der Waals surface area contributed by atoms with Gasteiger partial charge in [-0.1, -0.05) is 6.07 Å². The second kappa shape index (κ2) is 6.66. The fraction of sp³-hybridized carbons (Fsp3) is 0. The predicted molar refractivity (Wildman–Crippen MR) is 83.1 cm³/mol. The van der Waals surface area contributed by atoms with E-state index < -0.39 is 50.9 Å². The van der Waals surface area contributed by atoms with Crippen molar-refractivity contribution < 1.29 is 34.6 Å². The van der Waals surface area contributed by atoms with Crippen molar-refractivity contribution in [1.82, 2.24) is 0 Å². The number of rotatable bonds is 5. The van der Waals surface area contributed by atoms with E-state index in [1.54, 1.807) is 0 Å². The van der Waals surface area contributed by atoms with Crippen molar-refractivity contribution in [3.63, 3.8) is 0 Å². The summed E-state index contributed by atoms with van der Waals surface area (Å²) >= 11 is 0. The molecule has 0 heterocycles. The van der Waals surface area contributed by atoms with Gasteiger partial charge in [0.1, 0.15) is 16.9 Å². The average Bonchev–Trinajstić information content (AvgIpc) is 2.53. The fourth-order valence-electron chi connectivity index (χ4n) is 2.09. The number of hydrogen-bond acceptors (Lipinski definition) is 6. The molecule has 10 heteroatoms. The van der Waals surface area contributed by atoms with E-state index >= 15 is 0 Å². The Kier molecular flexibility index (Phi) is 4.64. The first-order chi connectivity index (χ1) is 11.7. The smallest absolute Gasteiger partial charge is 0.339 e. The Balaban J connectivity index is 2.45. The molecule has 0 aliphatic rings. The predicted octanol–water partition coefficient (Wildman–Crippen LogP) is 1.95. The van der Waals surface area contributed by atoms with E-state index in [0.717, 1.165) is 36.4 Å². The first kappa shape index (κ1) is 17.4. The Labute approximate surface area is 139 Å². The number of anilines is 1. The first-order valence-corrected chi connectivity index (χ1v) is 6.60. The maximum Gasteiger partial charge on any atom is 0.339 e. The number of carbonyl (C=O) groups excluding carboxylic acids is 1. The van der Waals surface area contributed by atoms with Crippen molar-refractivity contribution in [3.8, 4) is 5.75 Å². The molecule has 2 aromatic carbocycles. The topological polar surface area (TPSA) is 167 Å². The molecule has 0 saturated heterocycles. The van der Waals surface area contributed by atoms with Gasteiger partial charge in [-0.25, -0.2) is 9.59 Å². The number of benzene rings is 2. The van der Waals surface area contributed by atoms with Crippen LogP contribution >= 0.6 is 0 Å². The lowest BCUT2D eigenvalue weighted by atomic mass is 10.0. The molecule has 0 radical (unpaired) electrons. The first-order valence-electron chi connectivity index (χ1n) is 6.60. The zero-order chi connectivity index (χ0) is 18.7. The van der Waals surface area contributed by atoms with Crippen LogP contribution in [0.3, 0.4) is 0 Å². The van der Waals surface area contributed by atoms with E-state index in [-0.39, 0.29) is 5.69 Å². The Morgan fingerprint density at radius 2 is 1.64 bits per heavy atom. The van der Waals surface area contributed by atoms with Gasteiger partial charge in [0.2, 0.25) is 0 Å². The number of nitro benzene ring substituents is 1. The van der Waals surface area contributed by atoms with E-state index in [9.17, 15) is 29.6 Å². The van der Waals surface area contributed by atoms with Gasteiger partial charge in [-0.3, -0.25) is 14.9 Å². The van der Waals surface area contributed by atoms with Crippen molar-refractivity contribution in [1.29, 1.82) is 0 Å². The van der Waals surface area contributed by atoms with Crippen LogP contribution < -0.4 is 5.32 Å². The summed E-state index contributed by atoms with van der Waals surface area (Å²) in [7, 11) is 0. The highest BCUT2D eigenvalue weighted by molar-refractivity contribution is 6.13. The molecule has 0 spiro atoms. The highest BCUT2D eigenvalue weighted by Gasteiger charge is 2.27. The number of nitrogens with zero attached hydrogens (tertiary/aromatic N) is 1. The number of nitro groups is 1. The minimum Gasteiger partial charge on any atom is -0.507 e. The second-order valence-corrected chi connectivity index (χ2v) is 4.75. The van der Waals surface area contributed by atoms with Gasteiger partial charge in [0.15, 0.2) is 0 Å². The van der Waals surface area contributed by atoms with Crippen LogP contribution in [0.15, 0.2) is 36.4 Å². The van der Waals surface area contributed by atoms with Crippen molar-refractivity contribution in [2.24, 2.45) is 0 Å². The number of carboxylic acid groups (broad SMARTS) is 2. The monoisotopic (exact) mass is 346 g/mol. The molecule has 0 bridgehead atoms. The second-order valence-electron chi connectivity index (χ2n) is 4.75. The molecule has 1 amide bonds. The molecule has 0 aromatic heterocycles. The largest absolute Gasteiger partial charge is 0.507 e. The number of nitrogens with one attached hydrogen (secondary N) is 1. The molecule has 25 heavy (non-hydrogen) atoms. The van der Waals surface area contributed by atoms with Crippen LogP contribution in [0.2, 0.25) is 0 Å². The standard InChI is InChI=1S/C15H10N2O8/c18-11-6-7(4-5-8(11)14(20)21)16-13(19)12-9(15(22)23)2-1-3-10(12)17(24)25/h1-6,18H,(H,16,19)(H,20,21)(H,22,23). The van der Waals surface area contributed by atoms with E-state index in [0.29, 0.717) is 0 Å². The van der Waals surface area contributed by atoms with Gasteiger partial charge in [-0.05, 0) is 18.2 Å². The lowest BCUT2D eigenvalue weighted by molar-refractivity contribution is -0.385. The summed E-state index contributed by atoms with van der Waals surface area (Å²) < 4.78 is 0. The van der Waals surface area contributed by atoms with Crippen molar-refractivity contribution in [2.45, 2.75) is 0 Å². The quantitative estimate of drug-likeness (QED) is 0.470. The van der Waals surface area contributed by atoms with Gasteiger partial charge in [0, 0.05) is 17.8 Å². The third-order valence-electron chi connectivity index (χ3n) is 3.18. The van der Waals surface area contributed by atoms with E-state index in [1.165, 1.54) is 0 Å². The Morgan fingerprint density at radius 1 is 1.00 bits per heavy atom. The summed E-state index contributed by atoms with van der Waals surface area (Å²) in [4.78, 5) is 44.5. The molecule has 0 unspecified atom stereocenters. The van der Waals surface area contributed by atoms with E-state index in [2.05, 4.69) is 5.32 Å². The maximum atomic E-state index is 12.3. The molecular formula is C15H10N2O8. The van der Waals surface area contributed by atoms with Crippen LogP contribution in [0.25, 0.3) is 0 Å². The normalized spacial score (nSPS) is 10.1. The highest BCUT2D eigenvalue weighted by Crippen LogP contribution is 2.26. The minimum absolute atomic E-state index is 0.0676. The summed E-state index contributed by atoms with van der Waals surface area (Å²) in [5, 5.41) is 40.8. The number of hydrogen-bond donors (Lipinski definition) is 4. The Morgan fingerprint density at radius 3 is 2.16 bits per heavy atom. The van der Waals surface area contributed by atoms with Gasteiger partial charge in [-0.15, -0.1) is 0 Å². The van der Waals surface area contributed by atoms with Gasteiger partial charge in [-0.2, -0.15) is 0 Å². The highest BCUT2D eigenvalue weighted by atomic mass is 16.6. The summed E-state index contributed by atoms with van der Waals surface area (Å²) in [5.74, 6) is -4.64. The lowest BCUT2D eigenvalue weighted by Crippen LogP contribution is -2.18. The molecular weight excluding hydrogens is 336 g/mol. The Hall–Kier alpha value is -3.95. The molecule has 0 aliphatic heterocycles. The third kappa shape index (κ3) is 3.52. The van der Waals surface area contributed by atoms with Crippen LogP contribution in [0, 0.1) is 10.1 Å². The SMILES string of the molecule is O=C(O)c1ccc(NC(=O)c2c(C(=O)O)cccc2[N+](=O)[O-])cc1O. The van der Waals surface area contributed by atoms with Gasteiger partial charge in [0.25, 0.3) is 11.6 Å². The molecule has 0 fully saturated rings. The number of carboxylic acids is 2. The number of aromatic carboxylic acids is 2. The summed E-state index contributed by atoms with van der Waals surface area (Å²) in [6, 6.07) is 6.24. The van der Waals surface area contributed by atoms with E-state index in [1.807, 2.05) is 0 Å². The number of amides is 1. The molecule has 2 aromatic rings. The molecule has 10 nitrogen and oxygen atoms in total. The Bertz CT molecular complexity index is 874. The molecule has 0 saturated carbocycles. The zero-order valence-electron chi connectivity index (χ0n) is 12.3.